The summed E-state index contributed by atoms with van der Waals surface area (Å²) >= 11 is 0. The van der Waals surface area contributed by atoms with Gasteiger partial charge in [0.05, 0.1) is 27.1 Å². The molecule has 848 valence electrons. The van der Waals surface area contributed by atoms with Crippen molar-refractivity contribution < 1.29 is 14.4 Å². The number of hydrogen-bond donors (Lipinski definition) is 0. The van der Waals surface area contributed by atoms with Crippen LogP contribution in [0.3, 0.4) is 0 Å². The van der Waals surface area contributed by atoms with E-state index in [2.05, 4.69) is 0 Å². The van der Waals surface area contributed by atoms with Gasteiger partial charge >= 0.3 is 0 Å². The van der Waals surface area contributed by atoms with E-state index >= 15 is 0 Å². The number of carbonyl (C=O) groups excluding carboxylic acids is 1. The first-order valence-corrected chi connectivity index (χ1v) is 2.42. The average molecular weight is 3760 g/mol. The highest BCUT2D eigenvalue weighted by molar-refractivity contribution is 5.95. The maximum absolute atomic E-state index is 9.89. The predicted octanol–water partition coefficient (Wildman–Crippen LogP) is 40.6. The largest absolute Gasteiger partial charge is 0.544 e. The second-order valence-electron chi connectivity index (χ2n) is 2.82. The first-order valence-electron chi connectivity index (χ1n) is 2.42. The van der Waals surface area contributed by atoms with Gasteiger partial charge in [-0.25, -0.2) is 0 Å². The standard InChI is InChI=1S/C5H11NO2.100ClH/c1-6(2,3)4-5(7)8;;;;;;;;;;;;;;;;;;;;;;;;;;;;;;;;;;;;;;;;;;;;;;;;;;;;;;;;;;;;;;;;;;;;;;;;;;;;;;;;;;;;;;;;;;;;;;;;;;;;/h4H2,1-3H3;100*1H. The molecule has 0 fully saturated rings. The number of quaternary nitrogens is 1. The molecule has 0 aliphatic rings. The van der Waals surface area contributed by atoms with Gasteiger partial charge in [0, 0.05) is 0 Å². The lowest BCUT2D eigenvalue weighted by Crippen LogP contribution is -2.45. The van der Waals surface area contributed by atoms with Crippen LogP contribution in [0.4, 0.5) is 0 Å². The van der Waals surface area contributed by atoms with Gasteiger partial charge in [-0.1, -0.05) is 0 Å². The van der Waals surface area contributed by atoms with Gasteiger partial charge in [0.15, 0.2) is 0 Å². The summed E-state index contributed by atoms with van der Waals surface area (Å²) in [6, 6.07) is 0. The molecule has 0 heterocycles. The fourth-order valence-corrected chi connectivity index (χ4v) is 0.387. The highest BCUT2D eigenvalue weighted by atomic mass is 35.6. The van der Waals surface area contributed by atoms with Crippen molar-refractivity contribution in [1.29, 1.82) is 0 Å². The van der Waals surface area contributed by atoms with Gasteiger partial charge in [0.25, 0.3) is 0 Å². The lowest BCUT2D eigenvalue weighted by Gasteiger charge is -2.23. The van der Waals surface area contributed by atoms with Crippen molar-refractivity contribution in [2.45, 2.75) is 0 Å². The lowest BCUT2D eigenvalue weighted by molar-refractivity contribution is -0.864. The molecule has 0 saturated heterocycles. The molecule has 0 rings (SSSR count). The monoisotopic (exact) mass is 3710 g/mol. The molecule has 103 heteroatoms. The van der Waals surface area contributed by atoms with Crippen LogP contribution >= 0.6 is 1240 Å². The maximum atomic E-state index is 9.89. The third-order valence-corrected chi connectivity index (χ3v) is 0.603. The zero-order valence-electron chi connectivity index (χ0n) is 46.3. The Morgan fingerprint density at radius 1 is 0.120 bits per heavy atom. The van der Waals surface area contributed by atoms with E-state index < -0.39 is 5.97 Å². The van der Waals surface area contributed by atoms with Gasteiger partial charge in [0.1, 0.15) is 6.54 Å². The van der Waals surface area contributed by atoms with E-state index in [9.17, 15) is 9.90 Å². The summed E-state index contributed by atoms with van der Waals surface area (Å²) in [5.74, 6) is -1.00. The van der Waals surface area contributed by atoms with Crippen LogP contribution in [0.5, 0.6) is 0 Å². The Labute approximate surface area is 1260 Å². The number of aliphatic carboxylic acids is 1. The average Bonchev–Trinajstić information content (AvgIpc) is 1.21. The fourth-order valence-electron chi connectivity index (χ4n) is 0.387. The molecule has 0 amide bonds. The lowest BCUT2D eigenvalue weighted by atomic mass is 10.5. The van der Waals surface area contributed by atoms with E-state index in [-0.39, 0.29) is 1250 Å². The third-order valence-electron chi connectivity index (χ3n) is 0.603. The number of likely N-dealkylation sites (N-methyl/N-ethyl adjacent to an activating group) is 1. The molecule has 0 aromatic heterocycles. The predicted molar refractivity (Wildman–Crippen MR) is 753 cm³/mol. The van der Waals surface area contributed by atoms with Crippen molar-refractivity contribution >= 4 is 1250 Å². The smallest absolute Gasteiger partial charge is 0.118 e. The highest BCUT2D eigenvalue weighted by Gasteiger charge is 2.04. The Hall–Kier alpha value is 28.4. The summed E-state index contributed by atoms with van der Waals surface area (Å²) in [7, 11) is 5.40. The normalized spacial score (nSPS) is 0.843. The Balaban J connectivity index is -0.0000000000495. The van der Waals surface area contributed by atoms with E-state index in [4.69, 9.17) is 0 Å². The number of hydrogen-bond acceptors (Lipinski definition) is 2. The van der Waals surface area contributed by atoms with Crippen LogP contribution in [-0.4, -0.2) is 38.1 Å². The zero-order chi connectivity index (χ0) is 6.78. The van der Waals surface area contributed by atoms with Crippen molar-refractivity contribution in [3.05, 3.63) is 0 Å². The first kappa shape index (κ1) is 1990. The molecular formula is C5H111Cl100NO2. The SMILES string of the molecule is C[N+](C)(C)CC(=O)[O-].Cl.Cl.Cl.Cl.Cl.Cl.Cl.Cl.Cl.Cl.Cl.Cl.Cl.Cl.Cl.Cl.Cl.Cl.Cl.Cl.Cl.Cl.Cl.Cl.Cl.Cl.Cl.Cl.Cl.Cl.Cl.Cl.Cl.Cl.Cl.Cl.Cl.Cl.Cl.Cl.Cl.Cl.Cl.Cl.Cl.Cl.Cl.Cl.Cl.Cl.Cl.Cl.Cl.Cl.Cl.Cl.Cl.Cl.Cl.Cl.Cl.Cl.Cl.Cl.Cl.Cl.Cl.Cl.Cl.Cl.Cl.Cl.Cl.Cl.Cl.Cl.Cl.Cl.Cl.Cl.Cl.Cl.Cl.Cl.Cl.Cl.Cl.Cl.Cl.Cl.Cl.Cl.Cl.Cl.Cl.Cl.Cl.Cl.Cl.Cl. The topological polar surface area (TPSA) is 40.1 Å². The fraction of sp³-hybridized carbons (Fsp3) is 0.800. The number of rotatable bonds is 2. The quantitative estimate of drug-likeness (QED) is 0.259. The van der Waals surface area contributed by atoms with Crippen LogP contribution in [0.15, 0.2) is 0 Å². The molecular weight excluding hydrogens is 3650 g/mol. The zero-order valence-corrected chi connectivity index (χ0v) is 128. The molecule has 0 spiro atoms. The molecule has 0 aliphatic carbocycles. The molecule has 108 heavy (non-hydrogen) atoms. The van der Waals surface area contributed by atoms with Crippen molar-refractivity contribution in [2.75, 3.05) is 27.7 Å². The minimum atomic E-state index is -1.00. The van der Waals surface area contributed by atoms with Gasteiger partial charge in [-0.05, 0) is 0 Å². The molecule has 3 nitrogen and oxygen atoms in total. The summed E-state index contributed by atoms with van der Waals surface area (Å²) in [5, 5.41) is 9.89. The Morgan fingerprint density at radius 2 is 0.148 bits per heavy atom. The molecule has 0 unspecified atom stereocenters. The van der Waals surface area contributed by atoms with Gasteiger partial charge < -0.3 is 14.4 Å². The second kappa shape index (κ2) is 1660. The Morgan fingerprint density at radius 3 is 0.148 bits per heavy atom. The molecule has 0 aromatic rings. The van der Waals surface area contributed by atoms with E-state index in [1.54, 1.807) is 21.1 Å². The minimum absolute atomic E-state index is 0. The number of carboxylic acids is 1. The molecule has 0 radical (unpaired) electrons. The van der Waals surface area contributed by atoms with Crippen LogP contribution in [0, 0.1) is 0 Å². The van der Waals surface area contributed by atoms with Crippen LogP contribution in [0.1, 0.15) is 0 Å². The van der Waals surface area contributed by atoms with E-state index in [0.29, 0.717) is 4.48 Å². The Bertz CT molecular complexity index is 134. The summed E-state index contributed by atoms with van der Waals surface area (Å²) in [5.41, 5.74) is 0. The van der Waals surface area contributed by atoms with Gasteiger partial charge in [-0.2, -0.15) is 0 Å². The minimum Gasteiger partial charge on any atom is -0.544 e. The van der Waals surface area contributed by atoms with E-state index in [1.165, 1.54) is 0 Å². The van der Waals surface area contributed by atoms with Crippen LogP contribution in [0.25, 0.3) is 0 Å². The van der Waals surface area contributed by atoms with Crippen molar-refractivity contribution in [3.63, 3.8) is 0 Å². The summed E-state index contributed by atoms with van der Waals surface area (Å²) < 4.78 is 0.419. The molecule has 0 aliphatic heterocycles. The van der Waals surface area contributed by atoms with E-state index in [0.717, 1.165) is 0 Å². The molecule has 0 N–H and O–H groups in total. The van der Waals surface area contributed by atoms with Gasteiger partial charge in [0.2, 0.25) is 0 Å². The van der Waals surface area contributed by atoms with E-state index in [1.807, 2.05) is 0 Å². The summed E-state index contributed by atoms with van der Waals surface area (Å²) in [6.45, 7) is 0.0694. The molecule has 0 atom stereocenters. The molecule has 0 aromatic carbocycles. The van der Waals surface area contributed by atoms with Crippen LogP contribution in [0.2, 0.25) is 0 Å². The highest BCUT2D eigenvalue weighted by Crippen LogP contribution is 1.85. The van der Waals surface area contributed by atoms with Crippen molar-refractivity contribution in [1.82, 2.24) is 0 Å². The third kappa shape index (κ3) is 2140. The molecule has 0 saturated carbocycles. The number of nitrogens with zero attached hydrogens (tertiary/aromatic N) is 1. The second-order valence-corrected chi connectivity index (χ2v) is 2.82. The molecule has 0 bridgehead atoms. The van der Waals surface area contributed by atoms with Crippen LogP contribution in [-0.2, 0) is 4.79 Å². The maximum Gasteiger partial charge on any atom is 0.118 e. The Kier molecular flexibility index (Phi) is 30600. The van der Waals surface area contributed by atoms with Crippen molar-refractivity contribution in [3.8, 4) is 0 Å². The first-order chi connectivity index (χ1) is 3.42. The summed E-state index contributed by atoms with van der Waals surface area (Å²) in [6.07, 6.45) is 0. The summed E-state index contributed by atoms with van der Waals surface area (Å²) in [4.78, 5) is 9.89. The number of carbonyl (C=O) groups is 1. The number of carboxylic acid groups (broad SMARTS) is 1. The van der Waals surface area contributed by atoms with Crippen molar-refractivity contribution in [2.24, 2.45) is 0 Å². The number of halogens is 100. The van der Waals surface area contributed by atoms with Gasteiger partial charge in [-0.15, -0.1) is 1240 Å². The van der Waals surface area contributed by atoms with Gasteiger partial charge in [-0.3, -0.25) is 0 Å². The van der Waals surface area contributed by atoms with Crippen LogP contribution < -0.4 is 5.11 Å².